The Morgan fingerprint density at radius 3 is 2.35 bits per heavy atom. The molecule has 0 saturated carbocycles. The van der Waals surface area contributed by atoms with Gasteiger partial charge in [0.05, 0.1) is 12.1 Å². The lowest BCUT2D eigenvalue weighted by Gasteiger charge is -2.12. The molecule has 1 heterocycles. The van der Waals surface area contributed by atoms with Crippen molar-refractivity contribution in [3.05, 3.63) is 47.8 Å². The minimum atomic E-state index is 0.101. The van der Waals surface area contributed by atoms with Crippen LogP contribution in [-0.2, 0) is 6.42 Å². The molecular weight excluding hydrogens is 250 g/mol. The van der Waals surface area contributed by atoms with Gasteiger partial charge in [-0.3, -0.25) is 9.48 Å². The summed E-state index contributed by atoms with van der Waals surface area (Å²) in [5.74, 6) is 0.101. The van der Waals surface area contributed by atoms with Crippen molar-refractivity contribution in [1.29, 1.82) is 0 Å². The van der Waals surface area contributed by atoms with Crippen molar-refractivity contribution in [2.45, 2.75) is 26.3 Å². The molecule has 0 radical (unpaired) electrons. The molecule has 1 aromatic carbocycles. The Kier molecular flexibility index (Phi) is 4.23. The van der Waals surface area contributed by atoms with E-state index in [1.807, 2.05) is 60.2 Å². The molecule has 20 heavy (non-hydrogen) atoms. The third-order valence-electron chi connectivity index (χ3n) is 3.24. The molecule has 0 saturated heterocycles. The molecule has 0 aliphatic carbocycles. The Labute approximate surface area is 120 Å². The fourth-order valence-corrected chi connectivity index (χ4v) is 1.97. The number of benzene rings is 1. The first-order valence-electron chi connectivity index (χ1n) is 6.82. The Hall–Kier alpha value is -2.10. The summed E-state index contributed by atoms with van der Waals surface area (Å²) < 4.78 is 1.87. The van der Waals surface area contributed by atoms with Crippen molar-refractivity contribution >= 4 is 11.5 Å². The van der Waals surface area contributed by atoms with Crippen LogP contribution in [0.25, 0.3) is 0 Å². The van der Waals surface area contributed by atoms with Gasteiger partial charge in [0.15, 0.2) is 5.78 Å². The summed E-state index contributed by atoms with van der Waals surface area (Å²) in [7, 11) is 3.96. The zero-order valence-electron chi connectivity index (χ0n) is 12.5. The molecule has 0 fully saturated rings. The van der Waals surface area contributed by atoms with E-state index in [1.165, 1.54) is 0 Å². The van der Waals surface area contributed by atoms with Crippen LogP contribution in [0.3, 0.4) is 0 Å². The van der Waals surface area contributed by atoms with E-state index in [0.29, 0.717) is 12.5 Å². The first kappa shape index (κ1) is 14.3. The first-order chi connectivity index (χ1) is 9.47. The largest absolute Gasteiger partial charge is 0.378 e. The van der Waals surface area contributed by atoms with E-state index in [-0.39, 0.29) is 5.78 Å². The highest BCUT2D eigenvalue weighted by Crippen LogP contribution is 2.14. The predicted molar refractivity (Wildman–Crippen MR) is 81.4 cm³/mol. The number of ketones is 1. The van der Waals surface area contributed by atoms with Gasteiger partial charge in [0.2, 0.25) is 0 Å². The Morgan fingerprint density at radius 2 is 1.85 bits per heavy atom. The smallest absolute Gasteiger partial charge is 0.168 e. The van der Waals surface area contributed by atoms with Crippen molar-refractivity contribution in [1.82, 2.24) is 9.78 Å². The number of Topliss-reactive ketones (excluding diaryl/α,β-unsaturated/α-hetero) is 1. The lowest BCUT2D eigenvalue weighted by Crippen LogP contribution is -2.10. The fourth-order valence-electron chi connectivity index (χ4n) is 1.97. The highest BCUT2D eigenvalue weighted by atomic mass is 16.1. The van der Waals surface area contributed by atoms with E-state index < -0.39 is 0 Å². The van der Waals surface area contributed by atoms with Gasteiger partial charge in [-0.2, -0.15) is 5.10 Å². The van der Waals surface area contributed by atoms with Gasteiger partial charge in [-0.15, -0.1) is 0 Å². The first-order valence-corrected chi connectivity index (χ1v) is 6.82. The zero-order chi connectivity index (χ0) is 14.7. The van der Waals surface area contributed by atoms with Gasteiger partial charge in [-0.1, -0.05) is 0 Å². The normalized spacial score (nSPS) is 10.8. The summed E-state index contributed by atoms with van der Waals surface area (Å²) >= 11 is 0. The van der Waals surface area contributed by atoms with Crippen LogP contribution in [0.5, 0.6) is 0 Å². The van der Waals surface area contributed by atoms with Gasteiger partial charge < -0.3 is 4.90 Å². The van der Waals surface area contributed by atoms with E-state index in [4.69, 9.17) is 0 Å². The molecule has 4 nitrogen and oxygen atoms in total. The molecule has 0 amide bonds. The number of hydrogen-bond donors (Lipinski definition) is 0. The fraction of sp³-hybridized carbons (Fsp3) is 0.375. The second-order valence-corrected chi connectivity index (χ2v) is 5.42. The van der Waals surface area contributed by atoms with Crippen LogP contribution in [0.1, 0.15) is 35.9 Å². The number of aromatic nitrogens is 2. The average Bonchev–Trinajstić information content (AvgIpc) is 2.87. The molecule has 0 atom stereocenters. The molecule has 0 bridgehead atoms. The molecular formula is C16H21N3O. The number of rotatable bonds is 5. The van der Waals surface area contributed by atoms with Gasteiger partial charge >= 0.3 is 0 Å². The van der Waals surface area contributed by atoms with E-state index in [1.54, 1.807) is 0 Å². The Bertz CT molecular complexity index is 582. The van der Waals surface area contributed by atoms with Crippen molar-refractivity contribution in [3.8, 4) is 0 Å². The predicted octanol–water partition coefficient (Wildman–Crippen LogP) is 2.96. The third kappa shape index (κ3) is 3.26. The van der Waals surface area contributed by atoms with Gasteiger partial charge in [-0.25, -0.2) is 0 Å². The number of anilines is 1. The summed E-state index contributed by atoms with van der Waals surface area (Å²) in [6, 6.07) is 9.89. The maximum absolute atomic E-state index is 12.2. The van der Waals surface area contributed by atoms with Crippen LogP contribution in [0.15, 0.2) is 36.5 Å². The van der Waals surface area contributed by atoms with Gasteiger partial charge in [-0.05, 0) is 44.2 Å². The van der Waals surface area contributed by atoms with Crippen LogP contribution in [0.2, 0.25) is 0 Å². The second-order valence-electron chi connectivity index (χ2n) is 5.42. The van der Waals surface area contributed by atoms with E-state index in [2.05, 4.69) is 18.9 Å². The third-order valence-corrected chi connectivity index (χ3v) is 3.24. The summed E-state index contributed by atoms with van der Waals surface area (Å²) in [6.45, 7) is 4.14. The quantitative estimate of drug-likeness (QED) is 0.785. The van der Waals surface area contributed by atoms with E-state index >= 15 is 0 Å². The van der Waals surface area contributed by atoms with Crippen LogP contribution in [0.4, 0.5) is 5.69 Å². The van der Waals surface area contributed by atoms with E-state index in [9.17, 15) is 4.79 Å². The van der Waals surface area contributed by atoms with Crippen LogP contribution in [0, 0.1) is 0 Å². The molecule has 4 heteroatoms. The molecule has 0 N–H and O–H groups in total. The van der Waals surface area contributed by atoms with Crippen LogP contribution in [-0.4, -0.2) is 29.7 Å². The standard InChI is InChI=1S/C16H21N3O/c1-12(2)19-10-9-14(17-19)11-16(20)13-5-7-15(8-6-13)18(3)4/h5-10,12H,11H2,1-4H3. The Balaban J connectivity index is 2.07. The summed E-state index contributed by atoms with van der Waals surface area (Å²) in [5.41, 5.74) is 2.64. The zero-order valence-corrected chi connectivity index (χ0v) is 12.5. The van der Waals surface area contributed by atoms with Crippen molar-refractivity contribution in [2.24, 2.45) is 0 Å². The number of carbonyl (C=O) groups is 1. The molecule has 2 aromatic rings. The monoisotopic (exact) mass is 271 g/mol. The SMILES string of the molecule is CC(C)n1ccc(CC(=O)c2ccc(N(C)C)cc2)n1. The minimum absolute atomic E-state index is 0.101. The number of nitrogens with zero attached hydrogens (tertiary/aromatic N) is 3. The molecule has 0 unspecified atom stereocenters. The lowest BCUT2D eigenvalue weighted by molar-refractivity contribution is 0.0991. The molecule has 106 valence electrons. The number of carbonyl (C=O) groups excluding carboxylic acids is 1. The lowest BCUT2D eigenvalue weighted by atomic mass is 10.1. The highest BCUT2D eigenvalue weighted by Gasteiger charge is 2.10. The minimum Gasteiger partial charge on any atom is -0.378 e. The topological polar surface area (TPSA) is 38.1 Å². The summed E-state index contributed by atoms with van der Waals surface area (Å²) in [5, 5.41) is 4.41. The molecule has 0 spiro atoms. The number of hydrogen-bond acceptors (Lipinski definition) is 3. The van der Waals surface area contributed by atoms with Gasteiger partial charge in [0.25, 0.3) is 0 Å². The summed E-state index contributed by atoms with van der Waals surface area (Å²) in [6.07, 6.45) is 2.27. The molecule has 2 rings (SSSR count). The van der Waals surface area contributed by atoms with Gasteiger partial charge in [0, 0.05) is 37.6 Å². The summed E-state index contributed by atoms with van der Waals surface area (Å²) in [4.78, 5) is 14.2. The van der Waals surface area contributed by atoms with Crippen molar-refractivity contribution in [3.63, 3.8) is 0 Å². The maximum Gasteiger partial charge on any atom is 0.168 e. The van der Waals surface area contributed by atoms with Crippen molar-refractivity contribution in [2.75, 3.05) is 19.0 Å². The Morgan fingerprint density at radius 1 is 1.20 bits per heavy atom. The maximum atomic E-state index is 12.2. The van der Waals surface area contributed by atoms with Crippen LogP contribution >= 0.6 is 0 Å². The van der Waals surface area contributed by atoms with E-state index in [0.717, 1.165) is 16.9 Å². The van der Waals surface area contributed by atoms with Gasteiger partial charge in [0.1, 0.15) is 0 Å². The molecule has 0 aliphatic rings. The average molecular weight is 271 g/mol. The molecule has 0 aliphatic heterocycles. The molecule has 1 aromatic heterocycles. The second kappa shape index (κ2) is 5.90. The highest BCUT2D eigenvalue weighted by molar-refractivity contribution is 5.97. The van der Waals surface area contributed by atoms with Crippen LogP contribution < -0.4 is 4.90 Å². The van der Waals surface area contributed by atoms with Crippen molar-refractivity contribution < 1.29 is 4.79 Å².